The van der Waals surface area contributed by atoms with E-state index in [2.05, 4.69) is 5.32 Å². The normalized spacial score (nSPS) is 12.0. The molecule has 0 radical (unpaired) electrons. The molecule has 0 spiro atoms. The molecule has 116 valence electrons. The summed E-state index contributed by atoms with van der Waals surface area (Å²) in [7, 11) is 0. The molecule has 0 saturated carbocycles. The van der Waals surface area contributed by atoms with E-state index in [4.69, 9.17) is 0 Å². The lowest BCUT2D eigenvalue weighted by atomic mass is 10.0. The smallest absolute Gasteiger partial charge is 0.230 e. The highest BCUT2D eigenvalue weighted by atomic mass is 32.2. The number of nitrogens with one attached hydrogen (secondary N) is 1. The van der Waals surface area contributed by atoms with Crippen LogP contribution in [0.15, 0.2) is 53.4 Å². The Morgan fingerprint density at radius 3 is 2.50 bits per heavy atom. The second-order valence-electron chi connectivity index (χ2n) is 5.16. The fourth-order valence-corrected chi connectivity index (χ4v) is 2.91. The third-order valence-corrected chi connectivity index (χ3v) is 4.47. The van der Waals surface area contributed by atoms with Gasteiger partial charge in [-0.15, -0.1) is 11.8 Å². The Balaban J connectivity index is 1.92. The lowest BCUT2D eigenvalue weighted by Gasteiger charge is -2.17. The lowest BCUT2D eigenvalue weighted by molar-refractivity contribution is -0.119. The number of hydrogen-bond donors (Lipinski definition) is 1. The Hall–Kier alpha value is -1.81. The molecule has 0 heterocycles. The number of halogens is 1. The van der Waals surface area contributed by atoms with E-state index in [1.54, 1.807) is 18.2 Å². The first-order chi connectivity index (χ1) is 10.6. The van der Waals surface area contributed by atoms with E-state index < -0.39 is 0 Å². The van der Waals surface area contributed by atoms with E-state index in [9.17, 15) is 9.18 Å². The van der Waals surface area contributed by atoms with Crippen LogP contribution in [0, 0.1) is 12.7 Å². The quantitative estimate of drug-likeness (QED) is 0.795. The fraction of sp³-hybridized carbons (Fsp3) is 0.278. The highest BCUT2D eigenvalue weighted by Crippen LogP contribution is 2.22. The van der Waals surface area contributed by atoms with Gasteiger partial charge in [0, 0.05) is 4.90 Å². The van der Waals surface area contributed by atoms with Crippen LogP contribution in [0.5, 0.6) is 0 Å². The van der Waals surface area contributed by atoms with Gasteiger partial charge in [0.1, 0.15) is 5.82 Å². The second kappa shape index (κ2) is 7.99. The summed E-state index contributed by atoms with van der Waals surface area (Å²) in [5, 5.41) is 3.01. The third-order valence-electron chi connectivity index (χ3n) is 3.42. The zero-order valence-corrected chi connectivity index (χ0v) is 13.6. The standard InChI is InChI=1S/C18H20FNOS/c1-3-16(14-10-8-13(2)9-11-14)20-18(21)12-22-17-7-5-4-6-15(17)19/h4-11,16H,3,12H2,1-2H3,(H,20,21)/t16-/m1/s1. The highest BCUT2D eigenvalue weighted by molar-refractivity contribution is 8.00. The molecule has 2 rings (SSSR count). The van der Waals surface area contributed by atoms with Crippen LogP contribution in [0.3, 0.4) is 0 Å². The van der Waals surface area contributed by atoms with Crippen molar-refractivity contribution in [3.63, 3.8) is 0 Å². The summed E-state index contributed by atoms with van der Waals surface area (Å²) in [5.41, 5.74) is 2.29. The van der Waals surface area contributed by atoms with Gasteiger partial charge >= 0.3 is 0 Å². The van der Waals surface area contributed by atoms with Gasteiger partial charge in [-0.05, 0) is 31.0 Å². The number of aryl methyl sites for hydroxylation is 1. The maximum atomic E-state index is 13.5. The number of carbonyl (C=O) groups is 1. The zero-order valence-electron chi connectivity index (χ0n) is 12.8. The van der Waals surface area contributed by atoms with Crippen molar-refractivity contribution in [2.45, 2.75) is 31.2 Å². The number of amides is 1. The van der Waals surface area contributed by atoms with Gasteiger partial charge < -0.3 is 5.32 Å². The Labute approximate surface area is 135 Å². The molecule has 0 bridgehead atoms. The van der Waals surface area contributed by atoms with Crippen molar-refractivity contribution in [3.8, 4) is 0 Å². The van der Waals surface area contributed by atoms with E-state index in [1.165, 1.54) is 23.4 Å². The summed E-state index contributed by atoms with van der Waals surface area (Å²) in [6.07, 6.45) is 0.819. The molecule has 0 saturated heterocycles. The van der Waals surface area contributed by atoms with Gasteiger partial charge in [-0.3, -0.25) is 4.79 Å². The van der Waals surface area contributed by atoms with Crippen molar-refractivity contribution < 1.29 is 9.18 Å². The molecular formula is C18H20FNOS. The average molecular weight is 317 g/mol. The first-order valence-electron chi connectivity index (χ1n) is 7.33. The van der Waals surface area contributed by atoms with Crippen molar-refractivity contribution in [1.29, 1.82) is 0 Å². The average Bonchev–Trinajstić information content (AvgIpc) is 2.53. The molecule has 0 aliphatic carbocycles. The summed E-state index contributed by atoms with van der Waals surface area (Å²) < 4.78 is 13.5. The van der Waals surface area contributed by atoms with Crippen LogP contribution >= 0.6 is 11.8 Å². The van der Waals surface area contributed by atoms with Gasteiger partial charge in [-0.2, -0.15) is 0 Å². The molecule has 1 amide bonds. The zero-order chi connectivity index (χ0) is 15.9. The summed E-state index contributed by atoms with van der Waals surface area (Å²) in [4.78, 5) is 12.6. The molecule has 4 heteroatoms. The van der Waals surface area contributed by atoms with Crippen molar-refractivity contribution in [2.75, 3.05) is 5.75 Å². The molecule has 0 aromatic heterocycles. The monoisotopic (exact) mass is 317 g/mol. The second-order valence-corrected chi connectivity index (χ2v) is 6.18. The number of benzene rings is 2. The number of hydrogen-bond acceptors (Lipinski definition) is 2. The van der Waals surface area contributed by atoms with Gasteiger partial charge in [0.15, 0.2) is 0 Å². The molecule has 0 unspecified atom stereocenters. The predicted molar refractivity (Wildman–Crippen MR) is 89.5 cm³/mol. The molecule has 2 nitrogen and oxygen atoms in total. The van der Waals surface area contributed by atoms with Crippen molar-refractivity contribution in [3.05, 3.63) is 65.5 Å². The van der Waals surface area contributed by atoms with Crippen LogP contribution in [0.1, 0.15) is 30.5 Å². The van der Waals surface area contributed by atoms with Gasteiger partial charge in [0.05, 0.1) is 11.8 Å². The SMILES string of the molecule is CC[C@@H](NC(=O)CSc1ccccc1F)c1ccc(C)cc1. The van der Waals surface area contributed by atoms with E-state index in [1.807, 2.05) is 38.1 Å². The van der Waals surface area contributed by atoms with Crippen LogP contribution in [-0.4, -0.2) is 11.7 Å². The molecule has 2 aromatic carbocycles. The molecule has 1 atom stereocenters. The van der Waals surface area contributed by atoms with Crippen molar-refractivity contribution >= 4 is 17.7 Å². The first kappa shape index (κ1) is 16.6. The molecule has 22 heavy (non-hydrogen) atoms. The van der Waals surface area contributed by atoms with Crippen LogP contribution in [0.25, 0.3) is 0 Å². The molecule has 0 aliphatic heterocycles. The van der Waals surface area contributed by atoms with Crippen LogP contribution in [-0.2, 0) is 4.79 Å². The van der Waals surface area contributed by atoms with Gasteiger partial charge in [-0.1, -0.05) is 48.9 Å². The molecule has 1 N–H and O–H groups in total. The maximum Gasteiger partial charge on any atom is 0.230 e. The van der Waals surface area contributed by atoms with Gasteiger partial charge in [-0.25, -0.2) is 4.39 Å². The summed E-state index contributed by atoms with van der Waals surface area (Å²) in [6, 6.07) is 14.6. The minimum absolute atomic E-state index is 0.00526. The Kier molecular flexibility index (Phi) is 6.01. The van der Waals surface area contributed by atoms with Gasteiger partial charge in [0.2, 0.25) is 5.91 Å². The predicted octanol–water partition coefficient (Wildman–Crippen LogP) is 4.49. The minimum atomic E-state index is -0.286. The fourth-order valence-electron chi connectivity index (χ4n) is 2.16. The van der Waals surface area contributed by atoms with Crippen LogP contribution in [0.4, 0.5) is 4.39 Å². The first-order valence-corrected chi connectivity index (χ1v) is 8.32. The van der Waals surface area contributed by atoms with Crippen LogP contribution < -0.4 is 5.32 Å². The lowest BCUT2D eigenvalue weighted by Crippen LogP contribution is -2.29. The Morgan fingerprint density at radius 2 is 1.86 bits per heavy atom. The van der Waals surface area contributed by atoms with E-state index in [0.717, 1.165) is 12.0 Å². The number of thioether (sulfide) groups is 1. The van der Waals surface area contributed by atoms with E-state index in [0.29, 0.717) is 4.90 Å². The topological polar surface area (TPSA) is 29.1 Å². The van der Waals surface area contributed by atoms with Crippen molar-refractivity contribution in [1.82, 2.24) is 5.32 Å². The third kappa shape index (κ3) is 4.60. The molecule has 0 aliphatic rings. The van der Waals surface area contributed by atoms with Crippen LogP contribution in [0.2, 0.25) is 0 Å². The maximum absolute atomic E-state index is 13.5. The molecule has 0 fully saturated rings. The highest BCUT2D eigenvalue weighted by Gasteiger charge is 2.13. The summed E-state index contributed by atoms with van der Waals surface area (Å²) in [5.74, 6) is -0.157. The van der Waals surface area contributed by atoms with Crippen molar-refractivity contribution in [2.24, 2.45) is 0 Å². The van der Waals surface area contributed by atoms with E-state index >= 15 is 0 Å². The molecule has 2 aromatic rings. The summed E-state index contributed by atoms with van der Waals surface area (Å²) >= 11 is 1.22. The van der Waals surface area contributed by atoms with Gasteiger partial charge in [0.25, 0.3) is 0 Å². The van der Waals surface area contributed by atoms with E-state index in [-0.39, 0.29) is 23.5 Å². The minimum Gasteiger partial charge on any atom is -0.349 e. The largest absolute Gasteiger partial charge is 0.349 e. The number of rotatable bonds is 6. The molecular weight excluding hydrogens is 297 g/mol. The Bertz CT molecular complexity index is 627. The summed E-state index contributed by atoms with van der Waals surface area (Å²) in [6.45, 7) is 4.07. The Morgan fingerprint density at radius 1 is 1.18 bits per heavy atom. The number of carbonyl (C=O) groups excluding carboxylic acids is 1.